The van der Waals surface area contributed by atoms with E-state index in [2.05, 4.69) is 39.9 Å². The van der Waals surface area contributed by atoms with E-state index in [1.165, 1.54) is 6.33 Å². The lowest BCUT2D eigenvalue weighted by atomic mass is 10.1. The number of halogens is 1. The summed E-state index contributed by atoms with van der Waals surface area (Å²) in [6.07, 6.45) is 1.73. The zero-order chi connectivity index (χ0) is 14.7. The number of carbonyl (C=O) groups is 1. The van der Waals surface area contributed by atoms with E-state index >= 15 is 0 Å². The van der Waals surface area contributed by atoms with Crippen molar-refractivity contribution in [2.24, 2.45) is 5.92 Å². The average Bonchev–Trinajstić information content (AvgIpc) is 2.79. The Morgan fingerprint density at radius 3 is 2.85 bits per heavy atom. The molecule has 1 aromatic carbocycles. The third-order valence-electron chi connectivity index (χ3n) is 2.87. The average molecular weight is 337 g/mol. The Kier molecular flexibility index (Phi) is 4.54. The van der Waals surface area contributed by atoms with Gasteiger partial charge in [0, 0.05) is 22.3 Å². The van der Waals surface area contributed by atoms with Gasteiger partial charge in [0.2, 0.25) is 0 Å². The number of nitrogens with zero attached hydrogens (tertiary/aromatic N) is 3. The van der Waals surface area contributed by atoms with Gasteiger partial charge in [-0.15, -0.1) is 0 Å². The Hall–Kier alpha value is -1.69. The second kappa shape index (κ2) is 6.17. The van der Waals surface area contributed by atoms with Gasteiger partial charge >= 0.3 is 0 Å². The molecule has 5 nitrogen and oxygen atoms in total. The van der Waals surface area contributed by atoms with Crippen LogP contribution < -0.4 is 5.73 Å². The predicted octanol–water partition coefficient (Wildman–Crippen LogP) is 2.70. The topological polar surface area (TPSA) is 73.8 Å². The fraction of sp³-hybridized carbons (Fsp3) is 0.357. The van der Waals surface area contributed by atoms with Gasteiger partial charge in [-0.2, -0.15) is 5.10 Å². The maximum absolute atomic E-state index is 12.3. The first kappa shape index (κ1) is 14.7. The molecule has 0 unspecified atom stereocenters. The molecule has 0 bridgehead atoms. The quantitative estimate of drug-likeness (QED) is 0.672. The number of hydrogen-bond acceptors (Lipinski definition) is 4. The second-order valence-electron chi connectivity index (χ2n) is 5.09. The summed E-state index contributed by atoms with van der Waals surface area (Å²) in [4.78, 5) is 16.4. The molecule has 0 fully saturated rings. The number of anilines is 1. The molecule has 0 amide bonds. The molecule has 0 spiro atoms. The van der Waals surface area contributed by atoms with Crippen molar-refractivity contribution in [3.63, 3.8) is 0 Å². The maximum atomic E-state index is 12.3. The van der Waals surface area contributed by atoms with Gasteiger partial charge in [0.05, 0.1) is 6.42 Å². The van der Waals surface area contributed by atoms with E-state index in [1.54, 1.807) is 22.9 Å². The first-order valence-electron chi connectivity index (χ1n) is 6.42. The van der Waals surface area contributed by atoms with E-state index in [0.717, 1.165) is 11.0 Å². The van der Waals surface area contributed by atoms with Crippen LogP contribution in [0.5, 0.6) is 0 Å². The minimum absolute atomic E-state index is 0.00343. The van der Waals surface area contributed by atoms with Crippen molar-refractivity contribution in [2.45, 2.75) is 26.8 Å². The van der Waals surface area contributed by atoms with Crippen LogP contribution in [-0.2, 0) is 13.0 Å². The molecular formula is C14H17BrN4O. The van der Waals surface area contributed by atoms with Crippen LogP contribution in [0.3, 0.4) is 0 Å². The Morgan fingerprint density at radius 1 is 1.45 bits per heavy atom. The lowest BCUT2D eigenvalue weighted by Crippen LogP contribution is -2.14. The largest absolute Gasteiger partial charge is 0.398 e. The first-order valence-corrected chi connectivity index (χ1v) is 7.21. The first-order chi connectivity index (χ1) is 9.47. The van der Waals surface area contributed by atoms with Crippen LogP contribution in [0.25, 0.3) is 0 Å². The van der Waals surface area contributed by atoms with Crippen molar-refractivity contribution < 1.29 is 4.79 Å². The van der Waals surface area contributed by atoms with E-state index in [-0.39, 0.29) is 12.2 Å². The lowest BCUT2D eigenvalue weighted by Gasteiger charge is -2.08. The maximum Gasteiger partial charge on any atom is 0.170 e. The molecule has 0 aliphatic rings. The van der Waals surface area contributed by atoms with E-state index in [4.69, 9.17) is 5.73 Å². The molecule has 2 aromatic rings. The Morgan fingerprint density at radius 2 is 2.20 bits per heavy atom. The predicted molar refractivity (Wildman–Crippen MR) is 81.4 cm³/mol. The number of carbonyl (C=O) groups excluding carboxylic acids is 1. The highest BCUT2D eigenvalue weighted by molar-refractivity contribution is 9.10. The van der Waals surface area contributed by atoms with Crippen molar-refractivity contribution >= 4 is 27.4 Å². The summed E-state index contributed by atoms with van der Waals surface area (Å²) in [7, 11) is 0. The van der Waals surface area contributed by atoms with Gasteiger partial charge in [-0.1, -0.05) is 13.8 Å². The molecule has 0 aliphatic heterocycles. The molecule has 0 saturated carbocycles. The molecule has 1 aromatic heterocycles. The third-order valence-corrected chi connectivity index (χ3v) is 3.56. The van der Waals surface area contributed by atoms with Crippen LogP contribution >= 0.6 is 15.9 Å². The van der Waals surface area contributed by atoms with Crippen molar-refractivity contribution in [1.29, 1.82) is 0 Å². The number of hydrogen-bond donors (Lipinski definition) is 1. The van der Waals surface area contributed by atoms with E-state index < -0.39 is 0 Å². The fourth-order valence-corrected chi connectivity index (χ4v) is 2.25. The Bertz CT molecular complexity index is 621. The highest BCUT2D eigenvalue weighted by Gasteiger charge is 2.13. The number of nitrogens with two attached hydrogens (primary N) is 1. The molecular weight excluding hydrogens is 320 g/mol. The number of ketones is 1. The Balaban J connectivity index is 2.15. The number of nitrogen functional groups attached to an aromatic ring is 1. The molecule has 106 valence electrons. The zero-order valence-corrected chi connectivity index (χ0v) is 13.1. The summed E-state index contributed by atoms with van der Waals surface area (Å²) in [6, 6.07) is 5.18. The van der Waals surface area contributed by atoms with Crippen molar-refractivity contribution in [3.05, 3.63) is 40.4 Å². The van der Waals surface area contributed by atoms with Crippen LogP contribution in [0.4, 0.5) is 5.69 Å². The summed E-state index contributed by atoms with van der Waals surface area (Å²) in [5.41, 5.74) is 6.95. The normalized spacial score (nSPS) is 11.0. The van der Waals surface area contributed by atoms with Crippen LogP contribution in [0.2, 0.25) is 0 Å². The minimum atomic E-state index is 0.00343. The number of benzene rings is 1. The van der Waals surface area contributed by atoms with Crippen LogP contribution in [0.1, 0.15) is 30.0 Å². The number of rotatable bonds is 5. The molecule has 20 heavy (non-hydrogen) atoms. The van der Waals surface area contributed by atoms with Crippen molar-refractivity contribution in [1.82, 2.24) is 14.8 Å². The standard InChI is InChI=1S/C14H17BrN4O/c1-9(2)7-19-14(17-8-18-19)6-13(20)10-3-4-12(16)11(15)5-10/h3-5,8-9H,6-7,16H2,1-2H3. The van der Waals surface area contributed by atoms with E-state index in [0.29, 0.717) is 23.0 Å². The van der Waals surface area contributed by atoms with Crippen LogP contribution in [-0.4, -0.2) is 20.5 Å². The molecule has 0 saturated heterocycles. The van der Waals surface area contributed by atoms with Gasteiger partial charge < -0.3 is 5.73 Å². The fourth-order valence-electron chi connectivity index (χ4n) is 1.87. The summed E-state index contributed by atoms with van der Waals surface area (Å²) in [6.45, 7) is 4.96. The van der Waals surface area contributed by atoms with Gasteiger partial charge in [0.25, 0.3) is 0 Å². The summed E-state index contributed by atoms with van der Waals surface area (Å²) >= 11 is 3.33. The van der Waals surface area contributed by atoms with Crippen molar-refractivity contribution in [3.8, 4) is 0 Å². The monoisotopic (exact) mass is 336 g/mol. The number of aromatic nitrogens is 3. The van der Waals surface area contributed by atoms with Crippen LogP contribution in [0.15, 0.2) is 29.0 Å². The molecule has 0 atom stereocenters. The Labute approximate surface area is 126 Å². The molecule has 2 N–H and O–H groups in total. The molecule has 0 aliphatic carbocycles. The van der Waals surface area contributed by atoms with Gasteiger partial charge in [-0.3, -0.25) is 4.79 Å². The highest BCUT2D eigenvalue weighted by Crippen LogP contribution is 2.21. The third kappa shape index (κ3) is 3.45. The lowest BCUT2D eigenvalue weighted by molar-refractivity contribution is 0.0989. The highest BCUT2D eigenvalue weighted by atomic mass is 79.9. The SMILES string of the molecule is CC(C)Cn1ncnc1CC(=O)c1ccc(N)c(Br)c1. The second-order valence-corrected chi connectivity index (χ2v) is 5.94. The molecule has 2 rings (SSSR count). The van der Waals surface area contributed by atoms with E-state index in [1.807, 2.05) is 0 Å². The van der Waals surface area contributed by atoms with E-state index in [9.17, 15) is 4.79 Å². The van der Waals surface area contributed by atoms with Gasteiger partial charge in [0.1, 0.15) is 12.2 Å². The summed E-state index contributed by atoms with van der Waals surface area (Å²) in [5.74, 6) is 1.15. The smallest absolute Gasteiger partial charge is 0.170 e. The molecule has 1 heterocycles. The summed E-state index contributed by atoms with van der Waals surface area (Å²) in [5, 5.41) is 4.16. The molecule has 6 heteroatoms. The molecule has 0 radical (unpaired) electrons. The summed E-state index contributed by atoms with van der Waals surface area (Å²) < 4.78 is 2.52. The number of Topliss-reactive ketones (excluding diaryl/α,β-unsaturated/α-hetero) is 1. The van der Waals surface area contributed by atoms with Crippen LogP contribution in [0, 0.1) is 5.92 Å². The van der Waals surface area contributed by atoms with Crippen molar-refractivity contribution in [2.75, 3.05) is 5.73 Å². The van der Waals surface area contributed by atoms with Gasteiger partial charge in [-0.25, -0.2) is 9.67 Å². The minimum Gasteiger partial charge on any atom is -0.398 e. The van der Waals surface area contributed by atoms with Gasteiger partial charge in [-0.05, 0) is 40.0 Å². The zero-order valence-electron chi connectivity index (χ0n) is 11.5. The van der Waals surface area contributed by atoms with Gasteiger partial charge in [0.15, 0.2) is 5.78 Å².